The molecule has 1 aliphatic rings. The molecule has 1 amide bonds. The number of carbonyl (C=O) groups excluding carboxylic acids is 1. The lowest BCUT2D eigenvalue weighted by Gasteiger charge is -2.25. The van der Waals surface area contributed by atoms with Crippen LogP contribution in [0.4, 0.5) is 44.3 Å². The van der Waals surface area contributed by atoms with E-state index < -0.39 is 60.0 Å². The average Bonchev–Trinajstić information content (AvgIpc) is 3.34. The van der Waals surface area contributed by atoms with Gasteiger partial charge in [0.15, 0.2) is 0 Å². The molecule has 13 heteroatoms. The van der Waals surface area contributed by atoms with Crippen LogP contribution in [0.15, 0.2) is 54.6 Å². The molecule has 0 bridgehead atoms. The third kappa shape index (κ3) is 6.45. The summed E-state index contributed by atoms with van der Waals surface area (Å²) in [4.78, 5) is 13.3. The fraction of sp³-hybridized carbons (Fsp3) is 0.296. The van der Waals surface area contributed by atoms with Crippen molar-refractivity contribution in [3.05, 3.63) is 88.0 Å². The number of carbonyl (C=O) groups is 1. The van der Waals surface area contributed by atoms with E-state index in [4.69, 9.17) is 4.74 Å². The molecule has 0 aromatic heterocycles. The number of hydrogen-bond acceptors (Lipinski definition) is 3. The van der Waals surface area contributed by atoms with Crippen molar-refractivity contribution in [2.45, 2.75) is 38.0 Å². The van der Waals surface area contributed by atoms with Crippen LogP contribution in [0.1, 0.15) is 33.4 Å². The Bertz CT molecular complexity index is 1380. The van der Waals surface area contributed by atoms with Crippen LogP contribution in [0, 0.1) is 0 Å². The third-order valence-corrected chi connectivity index (χ3v) is 6.25. The number of methoxy groups -OCH3 is 1. The number of hydrogen-bond donors (Lipinski definition) is 0. The predicted octanol–water partition coefficient (Wildman–Crippen LogP) is 8.11. The van der Waals surface area contributed by atoms with Crippen molar-refractivity contribution in [1.82, 2.24) is 4.90 Å². The molecule has 3 aromatic carbocycles. The number of fused-ring (bicyclic) bond motifs is 1. The SMILES string of the molecule is COC(=O)N(Cc1cc(C(F)(F)F)cc(C(F)(F)F)c1)Cc1cc(C(F)(F)F)ccc1-c1ccc2c(c1)CCO2. The van der Waals surface area contributed by atoms with Crippen LogP contribution in [0.3, 0.4) is 0 Å². The van der Waals surface area contributed by atoms with E-state index in [1.807, 2.05) is 0 Å². The van der Waals surface area contributed by atoms with Gasteiger partial charge in [-0.3, -0.25) is 4.90 Å². The summed E-state index contributed by atoms with van der Waals surface area (Å²) in [5, 5.41) is 0. The highest BCUT2D eigenvalue weighted by atomic mass is 19.4. The number of nitrogens with zero attached hydrogens (tertiary/aromatic N) is 1. The molecule has 0 radical (unpaired) electrons. The van der Waals surface area contributed by atoms with Gasteiger partial charge in [-0.05, 0) is 70.3 Å². The summed E-state index contributed by atoms with van der Waals surface area (Å²) in [7, 11) is 0.927. The maximum Gasteiger partial charge on any atom is 0.416 e. The second-order valence-corrected chi connectivity index (χ2v) is 9.03. The van der Waals surface area contributed by atoms with E-state index >= 15 is 0 Å². The first kappa shape index (κ1) is 29.1. The lowest BCUT2D eigenvalue weighted by molar-refractivity contribution is -0.143. The molecule has 3 aromatic rings. The maximum absolute atomic E-state index is 13.6. The Balaban J connectivity index is 1.78. The first-order valence-electron chi connectivity index (χ1n) is 11.6. The standard InChI is InChI=1S/C27H20F9NO3/c1-39-24(38)37(13-15-8-20(26(31,32)33)12-21(9-15)27(34,35)36)14-18-11-19(25(28,29)30)3-4-22(18)16-2-5-23-17(10-16)6-7-40-23/h2-5,8-12H,6-7,13-14H2,1H3. The summed E-state index contributed by atoms with van der Waals surface area (Å²) in [5.41, 5.74) is -3.29. The normalized spacial score (nSPS) is 13.6. The van der Waals surface area contributed by atoms with E-state index in [2.05, 4.69) is 4.74 Å². The van der Waals surface area contributed by atoms with E-state index in [0.29, 0.717) is 36.5 Å². The third-order valence-electron chi connectivity index (χ3n) is 6.25. The van der Waals surface area contributed by atoms with Gasteiger partial charge in [-0.25, -0.2) is 4.79 Å². The molecule has 1 heterocycles. The molecule has 0 N–H and O–H groups in total. The van der Waals surface area contributed by atoms with Crippen molar-refractivity contribution >= 4 is 6.09 Å². The second-order valence-electron chi connectivity index (χ2n) is 9.03. The fourth-order valence-electron chi connectivity index (χ4n) is 4.39. The fourth-order valence-corrected chi connectivity index (χ4v) is 4.39. The van der Waals surface area contributed by atoms with Crippen LogP contribution < -0.4 is 4.74 Å². The zero-order valence-corrected chi connectivity index (χ0v) is 20.6. The number of ether oxygens (including phenoxy) is 2. The van der Waals surface area contributed by atoms with Crippen LogP contribution in [-0.2, 0) is 42.8 Å². The van der Waals surface area contributed by atoms with E-state index in [0.717, 1.165) is 29.7 Å². The van der Waals surface area contributed by atoms with Gasteiger partial charge >= 0.3 is 24.6 Å². The molecule has 0 saturated heterocycles. The molecule has 4 nitrogen and oxygen atoms in total. The van der Waals surface area contributed by atoms with Crippen LogP contribution in [0.25, 0.3) is 11.1 Å². The number of amides is 1. The minimum Gasteiger partial charge on any atom is -0.493 e. The van der Waals surface area contributed by atoms with Gasteiger partial charge in [0, 0.05) is 19.5 Å². The Morgan fingerprint density at radius 2 is 1.43 bits per heavy atom. The van der Waals surface area contributed by atoms with Gasteiger partial charge in [-0.2, -0.15) is 39.5 Å². The topological polar surface area (TPSA) is 38.8 Å². The smallest absolute Gasteiger partial charge is 0.416 e. The molecule has 0 aliphatic carbocycles. The Morgan fingerprint density at radius 3 is 2.00 bits per heavy atom. The molecule has 1 aliphatic heterocycles. The quantitative estimate of drug-likeness (QED) is 0.288. The van der Waals surface area contributed by atoms with E-state index in [9.17, 15) is 44.3 Å². The Kier molecular flexibility index (Phi) is 7.70. The molecular weight excluding hydrogens is 557 g/mol. The minimum absolute atomic E-state index is 0.0536. The Labute approximate surface area is 221 Å². The zero-order valence-electron chi connectivity index (χ0n) is 20.6. The van der Waals surface area contributed by atoms with Crippen molar-refractivity contribution in [3.63, 3.8) is 0 Å². The summed E-state index contributed by atoms with van der Waals surface area (Å²) in [6.07, 6.45) is -15.6. The lowest BCUT2D eigenvalue weighted by atomic mass is 9.95. The van der Waals surface area contributed by atoms with E-state index in [-0.39, 0.29) is 17.2 Å². The summed E-state index contributed by atoms with van der Waals surface area (Å²) >= 11 is 0. The monoisotopic (exact) mass is 577 g/mol. The van der Waals surface area contributed by atoms with Crippen molar-refractivity contribution in [2.75, 3.05) is 13.7 Å². The summed E-state index contributed by atoms with van der Waals surface area (Å²) in [5.74, 6) is 0.610. The number of benzene rings is 3. The summed E-state index contributed by atoms with van der Waals surface area (Å²) < 4.78 is 131. The highest BCUT2D eigenvalue weighted by Gasteiger charge is 2.37. The summed E-state index contributed by atoms with van der Waals surface area (Å²) in [6.45, 7) is -1.00. The van der Waals surface area contributed by atoms with Crippen LogP contribution in [0.2, 0.25) is 0 Å². The number of alkyl halides is 9. The van der Waals surface area contributed by atoms with Gasteiger partial charge in [0.05, 0.1) is 30.4 Å². The summed E-state index contributed by atoms with van der Waals surface area (Å²) in [6, 6.07) is 8.58. The maximum atomic E-state index is 13.6. The first-order chi connectivity index (χ1) is 18.6. The highest BCUT2D eigenvalue weighted by Crippen LogP contribution is 2.38. The Morgan fingerprint density at radius 1 is 0.800 bits per heavy atom. The van der Waals surface area contributed by atoms with Crippen molar-refractivity contribution in [2.24, 2.45) is 0 Å². The molecular formula is C27H20F9NO3. The van der Waals surface area contributed by atoms with Crippen molar-refractivity contribution < 1.29 is 53.8 Å². The highest BCUT2D eigenvalue weighted by molar-refractivity contribution is 5.72. The van der Waals surface area contributed by atoms with Crippen LogP contribution in [0.5, 0.6) is 5.75 Å². The van der Waals surface area contributed by atoms with Gasteiger partial charge in [0.2, 0.25) is 0 Å². The molecule has 0 atom stereocenters. The van der Waals surface area contributed by atoms with Gasteiger partial charge in [0.1, 0.15) is 5.75 Å². The van der Waals surface area contributed by atoms with Crippen LogP contribution >= 0.6 is 0 Å². The van der Waals surface area contributed by atoms with Gasteiger partial charge in [-0.1, -0.05) is 12.1 Å². The van der Waals surface area contributed by atoms with Crippen LogP contribution in [-0.4, -0.2) is 24.7 Å². The first-order valence-corrected chi connectivity index (χ1v) is 11.6. The van der Waals surface area contributed by atoms with Gasteiger partial charge in [-0.15, -0.1) is 0 Å². The molecule has 0 saturated carbocycles. The van der Waals surface area contributed by atoms with Gasteiger partial charge in [0.25, 0.3) is 0 Å². The Hall–Kier alpha value is -3.90. The number of rotatable bonds is 5. The predicted molar refractivity (Wildman–Crippen MR) is 124 cm³/mol. The molecule has 214 valence electrons. The molecule has 0 spiro atoms. The molecule has 0 fully saturated rings. The van der Waals surface area contributed by atoms with Crippen molar-refractivity contribution in [1.29, 1.82) is 0 Å². The minimum atomic E-state index is -5.13. The molecule has 0 unspecified atom stereocenters. The second kappa shape index (κ2) is 10.6. The average molecular weight is 577 g/mol. The zero-order chi connectivity index (χ0) is 29.5. The number of halogens is 9. The lowest BCUT2D eigenvalue weighted by Crippen LogP contribution is -2.30. The molecule has 4 rings (SSSR count). The van der Waals surface area contributed by atoms with E-state index in [1.54, 1.807) is 18.2 Å². The van der Waals surface area contributed by atoms with E-state index in [1.165, 1.54) is 6.07 Å². The molecule has 40 heavy (non-hydrogen) atoms. The van der Waals surface area contributed by atoms with Crippen molar-refractivity contribution in [3.8, 4) is 16.9 Å². The van der Waals surface area contributed by atoms with Gasteiger partial charge < -0.3 is 9.47 Å². The largest absolute Gasteiger partial charge is 0.493 e.